The smallest absolute Gasteiger partial charge is 0.112 e. The average molecular weight is 213 g/mol. The van der Waals surface area contributed by atoms with Crippen molar-refractivity contribution in [2.45, 2.75) is 26.2 Å². The molecule has 1 aromatic carbocycles. The van der Waals surface area contributed by atoms with E-state index in [2.05, 4.69) is 35.5 Å². The topological polar surface area (TPSA) is 41.6 Å². The highest BCUT2D eigenvalue weighted by molar-refractivity contribution is 5.77. The zero-order valence-electron chi connectivity index (χ0n) is 9.86. The van der Waals surface area contributed by atoms with Crippen LogP contribution in [0.1, 0.15) is 31.2 Å². The van der Waals surface area contributed by atoms with E-state index in [1.165, 1.54) is 0 Å². The van der Waals surface area contributed by atoms with Crippen LogP contribution in [0.25, 0.3) is 11.0 Å². The second kappa shape index (κ2) is 3.97. The van der Waals surface area contributed by atoms with Crippen LogP contribution in [0, 0.1) is 11.3 Å². The van der Waals surface area contributed by atoms with E-state index in [-0.39, 0.29) is 0 Å². The fourth-order valence-corrected chi connectivity index (χ4v) is 1.97. The summed E-state index contributed by atoms with van der Waals surface area (Å²) in [6.07, 6.45) is 0.456. The lowest BCUT2D eigenvalue weighted by Gasteiger charge is -2.04. The molecule has 1 aromatic heterocycles. The zero-order valence-corrected chi connectivity index (χ0v) is 9.86. The molecule has 0 aliphatic heterocycles. The maximum atomic E-state index is 8.68. The standard InChI is InChI=1S/C13H15N3/c1-9(2)13-15-11-5-4-10(6-7-14)8-12(11)16(13)3/h4-5,8-9H,6H2,1-3H3. The van der Waals surface area contributed by atoms with Crippen LogP contribution in [-0.4, -0.2) is 9.55 Å². The Morgan fingerprint density at radius 2 is 2.19 bits per heavy atom. The van der Waals surface area contributed by atoms with Crippen LogP contribution in [-0.2, 0) is 13.5 Å². The van der Waals surface area contributed by atoms with Crippen LogP contribution in [0.4, 0.5) is 0 Å². The molecule has 0 radical (unpaired) electrons. The van der Waals surface area contributed by atoms with Gasteiger partial charge in [0.25, 0.3) is 0 Å². The summed E-state index contributed by atoms with van der Waals surface area (Å²) in [6, 6.07) is 8.19. The number of nitriles is 1. The molecule has 0 spiro atoms. The van der Waals surface area contributed by atoms with Gasteiger partial charge < -0.3 is 4.57 Å². The first kappa shape index (κ1) is 10.7. The van der Waals surface area contributed by atoms with Gasteiger partial charge in [-0.2, -0.15) is 5.26 Å². The molecule has 0 bridgehead atoms. The van der Waals surface area contributed by atoms with Crippen molar-refractivity contribution in [1.29, 1.82) is 5.26 Å². The predicted octanol–water partition coefficient (Wildman–Crippen LogP) is 2.76. The van der Waals surface area contributed by atoms with E-state index in [0.29, 0.717) is 12.3 Å². The molecule has 3 heteroatoms. The number of rotatable bonds is 2. The van der Waals surface area contributed by atoms with Gasteiger partial charge in [0.2, 0.25) is 0 Å². The van der Waals surface area contributed by atoms with Gasteiger partial charge in [0.15, 0.2) is 0 Å². The lowest BCUT2D eigenvalue weighted by Crippen LogP contribution is -1.99. The van der Waals surface area contributed by atoms with Crippen molar-refractivity contribution in [2.24, 2.45) is 7.05 Å². The Labute approximate surface area is 95.3 Å². The molecule has 0 saturated heterocycles. The predicted molar refractivity (Wildman–Crippen MR) is 64.1 cm³/mol. The molecule has 3 nitrogen and oxygen atoms in total. The largest absolute Gasteiger partial charge is 0.331 e. The second-order valence-electron chi connectivity index (χ2n) is 4.34. The lowest BCUT2D eigenvalue weighted by atomic mass is 10.1. The van der Waals surface area contributed by atoms with Gasteiger partial charge in [0.05, 0.1) is 23.5 Å². The van der Waals surface area contributed by atoms with E-state index in [1.807, 2.05) is 19.2 Å². The third-order valence-corrected chi connectivity index (χ3v) is 2.78. The number of hydrogen-bond acceptors (Lipinski definition) is 2. The number of aryl methyl sites for hydroxylation is 1. The highest BCUT2D eigenvalue weighted by atomic mass is 15.1. The first-order valence-electron chi connectivity index (χ1n) is 5.45. The summed E-state index contributed by atoms with van der Waals surface area (Å²) in [5.41, 5.74) is 3.16. The van der Waals surface area contributed by atoms with E-state index >= 15 is 0 Å². The van der Waals surface area contributed by atoms with Gasteiger partial charge in [0.1, 0.15) is 5.82 Å². The molecule has 82 valence electrons. The monoisotopic (exact) mass is 213 g/mol. The molecule has 0 fully saturated rings. The summed E-state index contributed by atoms with van der Waals surface area (Å²) >= 11 is 0. The van der Waals surface area contributed by atoms with Gasteiger partial charge in [-0.15, -0.1) is 0 Å². The molecule has 0 unspecified atom stereocenters. The van der Waals surface area contributed by atoms with Crippen LogP contribution in [0.5, 0.6) is 0 Å². The van der Waals surface area contributed by atoms with Crippen LogP contribution in [0.3, 0.4) is 0 Å². The summed E-state index contributed by atoms with van der Waals surface area (Å²) in [6.45, 7) is 4.27. The van der Waals surface area contributed by atoms with Crippen molar-refractivity contribution in [2.75, 3.05) is 0 Å². The molecule has 2 rings (SSSR count). The molecule has 0 saturated carbocycles. The summed E-state index contributed by atoms with van der Waals surface area (Å²) in [5, 5.41) is 8.68. The summed E-state index contributed by atoms with van der Waals surface area (Å²) < 4.78 is 2.11. The van der Waals surface area contributed by atoms with Crippen molar-refractivity contribution in [1.82, 2.24) is 9.55 Å². The number of nitrogens with zero attached hydrogens (tertiary/aromatic N) is 3. The van der Waals surface area contributed by atoms with Gasteiger partial charge in [-0.25, -0.2) is 4.98 Å². The van der Waals surface area contributed by atoms with E-state index in [1.54, 1.807) is 0 Å². The zero-order chi connectivity index (χ0) is 11.7. The lowest BCUT2D eigenvalue weighted by molar-refractivity contribution is 0.722. The number of imidazole rings is 1. The van der Waals surface area contributed by atoms with Gasteiger partial charge in [-0.05, 0) is 17.7 Å². The van der Waals surface area contributed by atoms with Crippen LogP contribution >= 0.6 is 0 Å². The van der Waals surface area contributed by atoms with E-state index in [0.717, 1.165) is 22.4 Å². The Morgan fingerprint density at radius 1 is 1.44 bits per heavy atom. The normalized spacial score (nSPS) is 10.9. The van der Waals surface area contributed by atoms with Gasteiger partial charge in [-0.1, -0.05) is 19.9 Å². The maximum Gasteiger partial charge on any atom is 0.112 e. The SMILES string of the molecule is CC(C)c1nc2ccc(CC#N)cc2n1C. The van der Waals surface area contributed by atoms with Crippen molar-refractivity contribution in [3.8, 4) is 6.07 Å². The summed E-state index contributed by atoms with van der Waals surface area (Å²) in [4.78, 5) is 4.59. The Bertz CT molecular complexity index is 558. The van der Waals surface area contributed by atoms with Crippen LogP contribution in [0.15, 0.2) is 18.2 Å². The highest BCUT2D eigenvalue weighted by Crippen LogP contribution is 2.21. The minimum absolute atomic E-state index is 0.414. The first-order chi connectivity index (χ1) is 7.63. The average Bonchev–Trinajstić information content (AvgIpc) is 2.57. The number of benzene rings is 1. The molecule has 0 aliphatic rings. The highest BCUT2D eigenvalue weighted by Gasteiger charge is 2.10. The van der Waals surface area contributed by atoms with Gasteiger partial charge in [0, 0.05) is 13.0 Å². The van der Waals surface area contributed by atoms with E-state index in [9.17, 15) is 0 Å². The molecule has 0 amide bonds. The fraction of sp³-hybridized carbons (Fsp3) is 0.385. The second-order valence-corrected chi connectivity index (χ2v) is 4.34. The fourth-order valence-electron chi connectivity index (χ4n) is 1.97. The molecule has 0 atom stereocenters. The van der Waals surface area contributed by atoms with Gasteiger partial charge in [-0.3, -0.25) is 0 Å². The number of hydrogen-bond donors (Lipinski definition) is 0. The van der Waals surface area contributed by atoms with Crippen molar-refractivity contribution < 1.29 is 0 Å². The Morgan fingerprint density at radius 3 is 2.81 bits per heavy atom. The minimum Gasteiger partial charge on any atom is -0.331 e. The number of fused-ring (bicyclic) bond motifs is 1. The summed E-state index contributed by atoms with van der Waals surface area (Å²) in [7, 11) is 2.03. The van der Waals surface area contributed by atoms with Crippen molar-refractivity contribution in [3.63, 3.8) is 0 Å². The number of aromatic nitrogens is 2. The van der Waals surface area contributed by atoms with Gasteiger partial charge >= 0.3 is 0 Å². The van der Waals surface area contributed by atoms with Crippen molar-refractivity contribution in [3.05, 3.63) is 29.6 Å². The molecular formula is C13H15N3. The molecular weight excluding hydrogens is 198 g/mol. The molecule has 0 aliphatic carbocycles. The molecule has 2 aromatic rings. The van der Waals surface area contributed by atoms with E-state index < -0.39 is 0 Å². The molecule has 0 N–H and O–H groups in total. The molecule has 16 heavy (non-hydrogen) atoms. The van der Waals surface area contributed by atoms with E-state index in [4.69, 9.17) is 5.26 Å². The Kier molecular flexibility index (Phi) is 2.66. The Hall–Kier alpha value is -1.82. The maximum absolute atomic E-state index is 8.68. The third kappa shape index (κ3) is 1.67. The summed E-state index contributed by atoms with van der Waals surface area (Å²) in [5.74, 6) is 1.50. The first-order valence-corrected chi connectivity index (χ1v) is 5.45. The van der Waals surface area contributed by atoms with Crippen LogP contribution in [0.2, 0.25) is 0 Å². The molecule has 1 heterocycles. The minimum atomic E-state index is 0.414. The van der Waals surface area contributed by atoms with Crippen molar-refractivity contribution >= 4 is 11.0 Å². The third-order valence-electron chi connectivity index (χ3n) is 2.78. The van der Waals surface area contributed by atoms with Crippen LogP contribution < -0.4 is 0 Å². The quantitative estimate of drug-likeness (QED) is 0.769. The Balaban J connectivity index is 2.60.